The van der Waals surface area contributed by atoms with Crippen LogP contribution >= 0.6 is 11.3 Å². The van der Waals surface area contributed by atoms with Gasteiger partial charge in [0.25, 0.3) is 0 Å². The molecule has 10 heteroatoms. The van der Waals surface area contributed by atoms with Crippen molar-refractivity contribution in [2.24, 2.45) is 13.0 Å². The fourth-order valence-electron chi connectivity index (χ4n) is 3.77. The zero-order valence-electron chi connectivity index (χ0n) is 18.7. The fourth-order valence-corrected chi connectivity index (χ4v) is 5.08. The van der Waals surface area contributed by atoms with E-state index < -0.39 is 6.09 Å². The summed E-state index contributed by atoms with van der Waals surface area (Å²) >= 11 is 1.42. The van der Waals surface area contributed by atoms with Crippen LogP contribution in [0.15, 0.2) is 43.1 Å². The number of ether oxygens (including phenoxy) is 1. The van der Waals surface area contributed by atoms with E-state index in [2.05, 4.69) is 26.7 Å². The number of anilines is 1. The first-order valence-electron chi connectivity index (χ1n) is 10.8. The monoisotopic (exact) mass is 476 g/mol. The summed E-state index contributed by atoms with van der Waals surface area (Å²) in [7, 11) is 1.86. The molecule has 0 radical (unpaired) electrons. The standard InChI is InChI=1S/C24H24N6O3S/c1-30-15-27-12-18(30)13-28-24(32)33-14-17-4-6-19-20(10-25)23(34-21(19)9-17)29-22(31)7-5-16-3-2-8-26-11-16/h2-3,5,7-8,11-12,15,17H,4,6,9,13-14H2,1H3,(H,28,32)(H,29,31)/b7-5+. The molecule has 0 saturated carbocycles. The highest BCUT2D eigenvalue weighted by Crippen LogP contribution is 2.39. The molecule has 1 atom stereocenters. The van der Waals surface area contributed by atoms with Crippen molar-refractivity contribution in [1.82, 2.24) is 19.9 Å². The molecule has 2 amide bonds. The lowest BCUT2D eigenvalue weighted by Crippen LogP contribution is -2.28. The normalized spacial score (nSPS) is 14.9. The molecule has 0 fully saturated rings. The number of nitrogens with one attached hydrogen (secondary N) is 2. The van der Waals surface area contributed by atoms with Crippen LogP contribution in [0.2, 0.25) is 0 Å². The summed E-state index contributed by atoms with van der Waals surface area (Å²) in [5.41, 5.74) is 3.20. The summed E-state index contributed by atoms with van der Waals surface area (Å²) < 4.78 is 7.24. The number of alkyl carbamates (subject to hydrolysis) is 1. The van der Waals surface area contributed by atoms with Crippen molar-refractivity contribution in [3.8, 4) is 6.07 Å². The van der Waals surface area contributed by atoms with Crippen LogP contribution in [0.25, 0.3) is 6.08 Å². The van der Waals surface area contributed by atoms with E-state index in [9.17, 15) is 14.9 Å². The summed E-state index contributed by atoms with van der Waals surface area (Å²) in [6, 6.07) is 5.89. The van der Waals surface area contributed by atoms with Crippen LogP contribution < -0.4 is 10.6 Å². The summed E-state index contributed by atoms with van der Waals surface area (Å²) in [4.78, 5) is 33.5. The molecule has 1 aliphatic rings. The second kappa shape index (κ2) is 10.8. The first-order chi connectivity index (χ1) is 16.5. The van der Waals surface area contributed by atoms with Crippen molar-refractivity contribution in [3.05, 3.63) is 70.4 Å². The average Bonchev–Trinajstić information content (AvgIpc) is 3.42. The van der Waals surface area contributed by atoms with Gasteiger partial charge in [-0.15, -0.1) is 11.3 Å². The molecule has 4 rings (SSSR count). The molecule has 2 N–H and O–H groups in total. The Balaban J connectivity index is 1.31. The Hall–Kier alpha value is -3.97. The molecule has 3 aromatic heterocycles. The van der Waals surface area contributed by atoms with E-state index in [0.717, 1.165) is 28.1 Å². The summed E-state index contributed by atoms with van der Waals surface area (Å²) in [5.74, 6) is -0.141. The zero-order valence-corrected chi connectivity index (χ0v) is 19.5. The molecular weight excluding hydrogens is 452 g/mol. The molecule has 34 heavy (non-hydrogen) atoms. The number of fused-ring (bicyclic) bond motifs is 1. The van der Waals surface area contributed by atoms with E-state index >= 15 is 0 Å². The van der Waals surface area contributed by atoms with Crippen molar-refractivity contribution in [2.45, 2.75) is 25.8 Å². The van der Waals surface area contributed by atoms with Gasteiger partial charge in [0.15, 0.2) is 0 Å². The maximum Gasteiger partial charge on any atom is 0.407 e. The number of aryl methyl sites for hydroxylation is 1. The maximum absolute atomic E-state index is 12.4. The third-order valence-corrected chi connectivity index (χ3v) is 6.78. The smallest absolute Gasteiger partial charge is 0.407 e. The van der Waals surface area contributed by atoms with E-state index in [1.165, 1.54) is 17.4 Å². The van der Waals surface area contributed by atoms with Crippen LogP contribution in [-0.2, 0) is 36.0 Å². The number of pyridine rings is 1. The van der Waals surface area contributed by atoms with Crippen molar-refractivity contribution in [1.29, 1.82) is 5.26 Å². The van der Waals surface area contributed by atoms with Crippen LogP contribution in [0, 0.1) is 17.2 Å². The topological polar surface area (TPSA) is 122 Å². The highest BCUT2D eigenvalue weighted by molar-refractivity contribution is 7.16. The molecule has 3 heterocycles. The van der Waals surface area contributed by atoms with E-state index in [4.69, 9.17) is 4.74 Å². The summed E-state index contributed by atoms with van der Waals surface area (Å²) in [6.45, 7) is 0.644. The quantitative estimate of drug-likeness (QED) is 0.504. The highest BCUT2D eigenvalue weighted by atomic mass is 32.1. The number of amides is 2. The minimum atomic E-state index is -0.468. The van der Waals surface area contributed by atoms with E-state index in [-0.39, 0.29) is 11.8 Å². The molecular formula is C24H24N6O3S. The summed E-state index contributed by atoms with van der Waals surface area (Å²) in [5, 5.41) is 15.8. The Bertz CT molecular complexity index is 1240. The number of carbonyl (C=O) groups is 2. The van der Waals surface area contributed by atoms with Crippen molar-refractivity contribution < 1.29 is 14.3 Å². The second-order valence-corrected chi connectivity index (χ2v) is 9.09. The van der Waals surface area contributed by atoms with Gasteiger partial charge >= 0.3 is 6.09 Å². The van der Waals surface area contributed by atoms with Crippen LogP contribution in [0.5, 0.6) is 0 Å². The highest BCUT2D eigenvalue weighted by Gasteiger charge is 2.27. The van der Waals surface area contributed by atoms with Crippen LogP contribution in [0.4, 0.5) is 9.80 Å². The number of hydrogen-bond donors (Lipinski definition) is 2. The minimum Gasteiger partial charge on any atom is -0.449 e. The number of nitrogens with zero attached hydrogens (tertiary/aromatic N) is 4. The third-order valence-electron chi connectivity index (χ3n) is 5.61. The average molecular weight is 477 g/mol. The van der Waals surface area contributed by atoms with Gasteiger partial charge in [0, 0.05) is 36.6 Å². The predicted octanol–water partition coefficient (Wildman–Crippen LogP) is 3.43. The Morgan fingerprint density at radius 3 is 3.00 bits per heavy atom. The van der Waals surface area contributed by atoms with Crippen molar-refractivity contribution in [2.75, 3.05) is 11.9 Å². The van der Waals surface area contributed by atoms with Gasteiger partial charge < -0.3 is 19.9 Å². The van der Waals surface area contributed by atoms with Gasteiger partial charge in [-0.05, 0) is 48.4 Å². The van der Waals surface area contributed by atoms with Gasteiger partial charge in [-0.3, -0.25) is 9.78 Å². The van der Waals surface area contributed by atoms with Gasteiger partial charge in [0.2, 0.25) is 5.91 Å². The molecule has 0 saturated heterocycles. The second-order valence-electron chi connectivity index (χ2n) is 7.99. The lowest BCUT2D eigenvalue weighted by Gasteiger charge is -2.21. The van der Waals surface area contributed by atoms with Crippen molar-refractivity contribution >= 4 is 34.4 Å². The first-order valence-corrected chi connectivity index (χ1v) is 11.6. The summed E-state index contributed by atoms with van der Waals surface area (Å²) in [6.07, 6.45) is 11.5. The molecule has 0 aliphatic heterocycles. The van der Waals surface area contributed by atoms with Gasteiger partial charge in [-0.1, -0.05) is 6.07 Å². The zero-order chi connectivity index (χ0) is 23.9. The number of carbonyl (C=O) groups excluding carboxylic acids is 2. The number of hydrogen-bond acceptors (Lipinski definition) is 7. The molecule has 0 aromatic carbocycles. The lowest BCUT2D eigenvalue weighted by molar-refractivity contribution is -0.111. The minimum absolute atomic E-state index is 0.161. The number of aromatic nitrogens is 3. The Labute approximate surface area is 201 Å². The molecule has 174 valence electrons. The number of rotatable bonds is 7. The fraction of sp³-hybridized carbons (Fsp3) is 0.292. The maximum atomic E-state index is 12.4. The molecule has 9 nitrogen and oxygen atoms in total. The molecule has 1 unspecified atom stereocenters. The van der Waals surface area contributed by atoms with Gasteiger partial charge in [0.1, 0.15) is 11.1 Å². The molecule has 0 spiro atoms. The van der Waals surface area contributed by atoms with Gasteiger partial charge in [0.05, 0.1) is 30.7 Å². The first kappa shape index (κ1) is 23.2. The molecule has 0 bridgehead atoms. The van der Waals surface area contributed by atoms with E-state index in [1.54, 1.807) is 37.1 Å². The Kier molecular flexibility index (Phi) is 7.34. The third kappa shape index (κ3) is 5.68. The van der Waals surface area contributed by atoms with E-state index in [1.807, 2.05) is 17.7 Å². The number of imidazole rings is 1. The Morgan fingerprint density at radius 2 is 2.26 bits per heavy atom. The molecule has 3 aromatic rings. The lowest BCUT2D eigenvalue weighted by atomic mass is 9.88. The largest absolute Gasteiger partial charge is 0.449 e. The van der Waals surface area contributed by atoms with E-state index in [0.29, 0.717) is 36.6 Å². The number of thiophene rings is 1. The predicted molar refractivity (Wildman–Crippen MR) is 128 cm³/mol. The van der Waals surface area contributed by atoms with Crippen LogP contribution in [0.3, 0.4) is 0 Å². The van der Waals surface area contributed by atoms with Crippen LogP contribution in [-0.4, -0.2) is 33.1 Å². The van der Waals surface area contributed by atoms with Crippen LogP contribution in [0.1, 0.15) is 33.7 Å². The number of nitriles is 1. The van der Waals surface area contributed by atoms with Crippen molar-refractivity contribution in [3.63, 3.8) is 0 Å². The Morgan fingerprint density at radius 1 is 1.38 bits per heavy atom. The van der Waals surface area contributed by atoms with Gasteiger partial charge in [-0.25, -0.2) is 9.78 Å². The SMILES string of the molecule is Cn1cncc1CNC(=O)OCC1CCc2c(sc(NC(=O)/C=C/c3cccnc3)c2C#N)C1. The van der Waals surface area contributed by atoms with Gasteiger partial charge in [-0.2, -0.15) is 5.26 Å². The molecule has 1 aliphatic carbocycles.